The topological polar surface area (TPSA) is 55.9 Å². The Labute approximate surface area is 245 Å². The van der Waals surface area contributed by atoms with Gasteiger partial charge in [-0.1, -0.05) is 48.5 Å². The van der Waals surface area contributed by atoms with Crippen LogP contribution in [-0.4, -0.2) is 59.5 Å². The first-order valence-electron chi connectivity index (χ1n) is 14.7. The molecular formula is C33H37F3N4O2. The van der Waals surface area contributed by atoms with Crippen molar-refractivity contribution < 1.29 is 22.8 Å². The van der Waals surface area contributed by atoms with E-state index in [9.17, 15) is 22.8 Å². The van der Waals surface area contributed by atoms with Gasteiger partial charge in [0.25, 0.3) is 0 Å². The van der Waals surface area contributed by atoms with E-state index < -0.39 is 29.7 Å². The van der Waals surface area contributed by atoms with Crippen LogP contribution in [-0.2, 0) is 0 Å². The first kappa shape index (κ1) is 29.6. The van der Waals surface area contributed by atoms with E-state index in [1.165, 1.54) is 23.8 Å². The van der Waals surface area contributed by atoms with Crippen molar-refractivity contribution in [3.63, 3.8) is 0 Å². The number of imide groups is 1. The van der Waals surface area contributed by atoms with Crippen molar-refractivity contribution in [2.45, 2.75) is 50.6 Å². The van der Waals surface area contributed by atoms with Crippen LogP contribution in [0.3, 0.4) is 0 Å². The number of carbonyl (C=O) groups excluding carboxylic acids is 2. The lowest BCUT2D eigenvalue weighted by Gasteiger charge is -2.43. The van der Waals surface area contributed by atoms with Gasteiger partial charge in [-0.2, -0.15) is 0 Å². The van der Waals surface area contributed by atoms with Crippen LogP contribution in [0.2, 0.25) is 0 Å². The average molecular weight is 579 g/mol. The molecule has 2 atom stereocenters. The predicted molar refractivity (Wildman–Crippen MR) is 155 cm³/mol. The molecule has 6 nitrogen and oxygen atoms in total. The minimum atomic E-state index is -1.01. The Hall–Kier alpha value is -3.85. The largest absolute Gasteiger partial charge is 0.338 e. The van der Waals surface area contributed by atoms with Gasteiger partial charge in [0, 0.05) is 13.1 Å². The van der Waals surface area contributed by atoms with E-state index in [0.717, 1.165) is 55.1 Å². The Kier molecular flexibility index (Phi) is 9.47. The molecule has 0 radical (unpaired) electrons. The molecule has 222 valence electrons. The molecule has 2 aliphatic heterocycles. The van der Waals surface area contributed by atoms with Crippen LogP contribution >= 0.6 is 0 Å². The summed E-state index contributed by atoms with van der Waals surface area (Å²) in [5.74, 6) is -1.79. The third-order valence-electron chi connectivity index (χ3n) is 8.56. The second-order valence-electron chi connectivity index (χ2n) is 11.2. The smallest absolute Gasteiger partial charge is 0.329 e. The number of hydrogen-bond acceptors (Lipinski definition) is 3. The van der Waals surface area contributed by atoms with Crippen LogP contribution in [0.5, 0.6) is 0 Å². The SMILES string of the molecule is C[C@H](c1ccccc1)N1CC[C@H](c2ccc(F)c(F)c2)N(C(=O)NCCCN2CCC(c3ccc(F)cc3)CC2)C1=O. The number of likely N-dealkylation sites (tertiary alicyclic amines) is 1. The lowest BCUT2D eigenvalue weighted by molar-refractivity contribution is 0.0944. The Bertz CT molecular complexity index is 1360. The van der Waals surface area contributed by atoms with E-state index in [1.807, 2.05) is 49.4 Å². The number of amides is 4. The highest BCUT2D eigenvalue weighted by molar-refractivity contribution is 5.95. The summed E-state index contributed by atoms with van der Waals surface area (Å²) in [4.78, 5) is 32.4. The highest BCUT2D eigenvalue weighted by Crippen LogP contribution is 2.35. The van der Waals surface area contributed by atoms with Crippen molar-refractivity contribution in [1.29, 1.82) is 0 Å². The third kappa shape index (κ3) is 6.78. The molecule has 0 bridgehead atoms. The zero-order valence-electron chi connectivity index (χ0n) is 23.8. The van der Waals surface area contributed by atoms with Crippen molar-refractivity contribution in [1.82, 2.24) is 20.0 Å². The van der Waals surface area contributed by atoms with Gasteiger partial charge >= 0.3 is 12.1 Å². The summed E-state index contributed by atoms with van der Waals surface area (Å²) in [6, 6.07) is 17.9. The molecule has 0 spiro atoms. The zero-order chi connectivity index (χ0) is 29.6. The number of benzene rings is 3. The number of urea groups is 2. The molecule has 4 amide bonds. The van der Waals surface area contributed by atoms with Crippen LogP contribution in [0.4, 0.5) is 22.8 Å². The maximum atomic E-state index is 14.1. The molecule has 42 heavy (non-hydrogen) atoms. The maximum Gasteiger partial charge on any atom is 0.329 e. The maximum absolute atomic E-state index is 14.1. The minimum absolute atomic E-state index is 0.223. The summed E-state index contributed by atoms with van der Waals surface area (Å²) in [6.07, 6.45) is 3.08. The summed E-state index contributed by atoms with van der Waals surface area (Å²) < 4.78 is 41.1. The first-order valence-corrected chi connectivity index (χ1v) is 14.7. The van der Waals surface area contributed by atoms with Gasteiger partial charge in [0.05, 0.1) is 12.1 Å². The van der Waals surface area contributed by atoms with E-state index in [0.29, 0.717) is 37.4 Å². The molecule has 3 aromatic carbocycles. The van der Waals surface area contributed by atoms with E-state index in [2.05, 4.69) is 10.2 Å². The van der Waals surface area contributed by atoms with Crippen molar-refractivity contribution in [3.05, 3.63) is 107 Å². The second-order valence-corrected chi connectivity index (χ2v) is 11.2. The number of rotatable bonds is 8. The number of piperidine rings is 1. The van der Waals surface area contributed by atoms with Crippen molar-refractivity contribution in [2.24, 2.45) is 0 Å². The highest BCUT2D eigenvalue weighted by atomic mass is 19.2. The molecule has 2 aliphatic rings. The minimum Gasteiger partial charge on any atom is -0.338 e. The molecule has 3 aromatic rings. The molecule has 0 aliphatic carbocycles. The Morgan fingerprint density at radius 3 is 2.26 bits per heavy atom. The van der Waals surface area contributed by atoms with E-state index >= 15 is 0 Å². The van der Waals surface area contributed by atoms with Gasteiger partial charge in [0.15, 0.2) is 11.6 Å². The number of carbonyl (C=O) groups is 2. The molecular weight excluding hydrogens is 541 g/mol. The van der Waals surface area contributed by atoms with Gasteiger partial charge in [-0.15, -0.1) is 0 Å². The fraction of sp³-hybridized carbons (Fsp3) is 0.394. The molecule has 0 unspecified atom stereocenters. The summed E-state index contributed by atoms with van der Waals surface area (Å²) in [7, 11) is 0. The van der Waals surface area contributed by atoms with Crippen LogP contribution in [0.15, 0.2) is 72.8 Å². The summed E-state index contributed by atoms with van der Waals surface area (Å²) in [6.45, 7) is 5.31. The first-order chi connectivity index (χ1) is 20.3. The fourth-order valence-electron chi connectivity index (χ4n) is 6.10. The normalized spacial score (nSPS) is 19.1. The van der Waals surface area contributed by atoms with Crippen LogP contribution in [0.25, 0.3) is 0 Å². The molecule has 1 N–H and O–H groups in total. The molecule has 5 rings (SSSR count). The van der Waals surface area contributed by atoms with Crippen LogP contribution in [0, 0.1) is 17.5 Å². The number of hydrogen-bond donors (Lipinski definition) is 1. The van der Waals surface area contributed by atoms with E-state index in [-0.39, 0.29) is 11.9 Å². The third-order valence-corrected chi connectivity index (χ3v) is 8.56. The van der Waals surface area contributed by atoms with Gasteiger partial charge in [-0.25, -0.2) is 27.7 Å². The lowest BCUT2D eigenvalue weighted by atomic mass is 9.89. The summed E-state index contributed by atoms with van der Waals surface area (Å²) in [5.41, 5.74) is 2.50. The Morgan fingerprint density at radius 2 is 1.57 bits per heavy atom. The standard InChI is InChI=1S/C33H37F3N4O2/c1-23(24-6-3-2-4-7-24)39-21-16-31(27-10-13-29(35)30(36)22-27)40(33(39)42)32(41)37-17-5-18-38-19-14-26(15-20-38)25-8-11-28(34)12-9-25/h2-4,6-13,22-23,26,31H,5,14-21H2,1H3,(H,37,41)/t23-,31-/m1/s1. The fourth-order valence-corrected chi connectivity index (χ4v) is 6.10. The Balaban J connectivity index is 1.19. The van der Waals surface area contributed by atoms with Gasteiger partial charge in [0.1, 0.15) is 5.82 Å². The summed E-state index contributed by atoms with van der Waals surface area (Å²) >= 11 is 0. The summed E-state index contributed by atoms with van der Waals surface area (Å²) in [5, 5.41) is 2.90. The van der Waals surface area contributed by atoms with Crippen LogP contribution in [0.1, 0.15) is 67.3 Å². The van der Waals surface area contributed by atoms with Gasteiger partial charge in [-0.3, -0.25) is 0 Å². The number of halogens is 3. The molecule has 2 heterocycles. The lowest BCUT2D eigenvalue weighted by Crippen LogP contribution is -2.56. The Morgan fingerprint density at radius 1 is 0.881 bits per heavy atom. The average Bonchev–Trinajstić information content (AvgIpc) is 3.01. The van der Waals surface area contributed by atoms with Crippen molar-refractivity contribution in [2.75, 3.05) is 32.7 Å². The van der Waals surface area contributed by atoms with Crippen molar-refractivity contribution in [3.8, 4) is 0 Å². The molecule has 2 fully saturated rings. The molecule has 0 aromatic heterocycles. The molecule has 9 heteroatoms. The zero-order valence-corrected chi connectivity index (χ0v) is 23.8. The van der Waals surface area contributed by atoms with Crippen LogP contribution < -0.4 is 5.32 Å². The molecule has 0 saturated carbocycles. The van der Waals surface area contributed by atoms with Crippen molar-refractivity contribution >= 4 is 12.1 Å². The highest BCUT2D eigenvalue weighted by Gasteiger charge is 2.40. The monoisotopic (exact) mass is 578 g/mol. The quantitative estimate of drug-likeness (QED) is 0.293. The predicted octanol–water partition coefficient (Wildman–Crippen LogP) is 7.01. The number of nitrogens with zero attached hydrogens (tertiary/aromatic N) is 3. The second kappa shape index (κ2) is 13.4. The van der Waals surface area contributed by atoms with E-state index in [4.69, 9.17) is 0 Å². The van der Waals surface area contributed by atoms with Gasteiger partial charge in [0.2, 0.25) is 0 Å². The van der Waals surface area contributed by atoms with Gasteiger partial charge < -0.3 is 15.1 Å². The van der Waals surface area contributed by atoms with E-state index in [1.54, 1.807) is 4.90 Å². The number of nitrogens with one attached hydrogen (secondary N) is 1. The van der Waals surface area contributed by atoms with Gasteiger partial charge in [-0.05, 0) is 99.1 Å². The molecule has 2 saturated heterocycles.